The van der Waals surface area contributed by atoms with Gasteiger partial charge in [-0.15, -0.1) is 0 Å². The summed E-state index contributed by atoms with van der Waals surface area (Å²) in [6.45, 7) is 8.09. The van der Waals surface area contributed by atoms with Crippen molar-refractivity contribution in [1.29, 1.82) is 0 Å². The summed E-state index contributed by atoms with van der Waals surface area (Å²) in [6, 6.07) is 35.0. The van der Waals surface area contributed by atoms with Crippen LogP contribution in [-0.2, 0) is 33.1 Å². The van der Waals surface area contributed by atoms with Gasteiger partial charge in [0.1, 0.15) is 0 Å². The molecule has 1 amide bonds. The maximum Gasteiger partial charge on any atom is 0.312 e. The first-order valence-corrected chi connectivity index (χ1v) is 23.5. The number of nitrogens with zero attached hydrogens (tertiary/aromatic N) is 1. The molecule has 8 nitrogen and oxygen atoms in total. The second-order valence-corrected chi connectivity index (χ2v) is 23.3. The summed E-state index contributed by atoms with van der Waals surface area (Å²) in [5, 5.41) is 3.02. The Morgan fingerprint density at radius 1 is 0.857 bits per heavy atom. The van der Waals surface area contributed by atoms with Crippen LogP contribution in [0.5, 0.6) is 0 Å². The third kappa shape index (κ3) is 8.66. The molecule has 2 fully saturated rings. The molecule has 12 heteroatoms. The van der Waals surface area contributed by atoms with Gasteiger partial charge in [-0.25, -0.2) is 0 Å². The highest BCUT2D eigenvalue weighted by Gasteiger charge is 2.59. The number of likely N-dealkylation sites (tertiary alicyclic amines) is 1. The van der Waals surface area contributed by atoms with Gasteiger partial charge in [0.15, 0.2) is 0 Å². The molecule has 0 N–H and O–H groups in total. The SMILES string of the molecule is COC(=O)C(COS(C)(=O)=O)[C@@]1(C)CC(c2cccc(Cl)c2)[C@@H](c2ccc(Cl)cc2)N([C@H](CO[Si](c2ccccc2)(c2ccccc2)C(C)(C)C)C2CC2)C1=O. The summed E-state index contributed by atoms with van der Waals surface area (Å²) >= 11 is 13.1. The van der Waals surface area contributed by atoms with E-state index in [-0.39, 0.29) is 29.9 Å². The molecule has 1 saturated carbocycles. The van der Waals surface area contributed by atoms with Gasteiger partial charge in [-0.2, -0.15) is 8.42 Å². The maximum atomic E-state index is 15.8. The van der Waals surface area contributed by atoms with Crippen molar-refractivity contribution in [2.75, 3.05) is 26.6 Å². The highest BCUT2D eigenvalue weighted by atomic mass is 35.5. The average molecular weight is 837 g/mol. The molecule has 6 rings (SSSR count). The van der Waals surface area contributed by atoms with Crippen LogP contribution in [0.2, 0.25) is 15.1 Å². The first-order valence-electron chi connectivity index (χ1n) is 19.0. The first-order chi connectivity index (χ1) is 26.5. The number of esters is 1. The Bertz CT molecular complexity index is 2070. The molecule has 2 aliphatic rings. The van der Waals surface area contributed by atoms with E-state index in [2.05, 4.69) is 45.0 Å². The minimum atomic E-state index is -3.98. The lowest BCUT2D eigenvalue weighted by Gasteiger charge is -2.54. The standard InChI is InChI=1S/C44H51Cl2NO7SSi/c1-43(2,3)56(35-16-9-7-10-17-35,36-18-11-8-12-19-36)54-29-39(30-20-21-30)47-40(31-22-24-33(45)25-23-31)37(32-14-13-15-34(46)26-32)27-44(4,42(47)49)38(41(48)52-5)28-53-55(6,50)51/h7-19,22-26,30,37-40H,20-21,27-29H2,1-6H3/t37?,38?,39-,40-,44-/m1/s1. The van der Waals surface area contributed by atoms with Gasteiger partial charge in [0, 0.05) is 16.0 Å². The molecule has 5 atom stereocenters. The smallest absolute Gasteiger partial charge is 0.312 e. The number of carbonyl (C=O) groups is 2. The molecule has 56 heavy (non-hydrogen) atoms. The van der Waals surface area contributed by atoms with Crippen LogP contribution in [-0.4, -0.2) is 66.1 Å². The van der Waals surface area contributed by atoms with Crippen LogP contribution in [0.4, 0.5) is 0 Å². The Balaban J connectivity index is 1.56. The van der Waals surface area contributed by atoms with Crippen molar-refractivity contribution in [2.45, 2.75) is 70.0 Å². The highest BCUT2D eigenvalue weighted by molar-refractivity contribution is 7.86. The summed E-state index contributed by atoms with van der Waals surface area (Å²) < 4.78 is 42.9. The lowest BCUT2D eigenvalue weighted by atomic mass is 9.63. The summed E-state index contributed by atoms with van der Waals surface area (Å²) in [5.41, 5.74) is 0.280. The number of benzene rings is 4. The van der Waals surface area contributed by atoms with Crippen LogP contribution in [0.15, 0.2) is 109 Å². The predicted octanol–water partition coefficient (Wildman–Crippen LogP) is 8.18. The Hall–Kier alpha value is -3.51. The van der Waals surface area contributed by atoms with Crippen LogP contribution in [0.25, 0.3) is 0 Å². The lowest BCUT2D eigenvalue weighted by molar-refractivity contribution is -0.172. The molecule has 1 aliphatic heterocycles. The molecule has 4 aromatic rings. The number of carbonyl (C=O) groups excluding carboxylic acids is 2. The maximum absolute atomic E-state index is 15.8. The van der Waals surface area contributed by atoms with Crippen LogP contribution in [0.3, 0.4) is 0 Å². The van der Waals surface area contributed by atoms with E-state index in [0.717, 1.165) is 40.6 Å². The molecule has 4 aromatic carbocycles. The van der Waals surface area contributed by atoms with Gasteiger partial charge < -0.3 is 14.1 Å². The minimum Gasteiger partial charge on any atom is -0.469 e. The summed E-state index contributed by atoms with van der Waals surface area (Å²) in [6.07, 6.45) is 2.88. The average Bonchev–Trinajstić information content (AvgIpc) is 4.01. The number of hydrogen-bond donors (Lipinski definition) is 0. The van der Waals surface area contributed by atoms with Gasteiger partial charge in [-0.05, 0) is 82.9 Å². The van der Waals surface area contributed by atoms with Gasteiger partial charge in [0.2, 0.25) is 5.91 Å². The second kappa shape index (κ2) is 16.8. The zero-order valence-corrected chi connectivity index (χ0v) is 36.1. The predicted molar refractivity (Wildman–Crippen MR) is 224 cm³/mol. The Morgan fingerprint density at radius 3 is 1.95 bits per heavy atom. The van der Waals surface area contributed by atoms with E-state index in [1.54, 1.807) is 13.0 Å². The zero-order valence-electron chi connectivity index (χ0n) is 32.8. The molecule has 1 aliphatic carbocycles. The van der Waals surface area contributed by atoms with Gasteiger partial charge in [0.05, 0.1) is 50.0 Å². The number of methoxy groups -OCH3 is 1. The first kappa shape index (κ1) is 42.1. The third-order valence-corrected chi connectivity index (χ3v) is 17.7. The van der Waals surface area contributed by atoms with Crippen molar-refractivity contribution in [3.63, 3.8) is 0 Å². The van der Waals surface area contributed by atoms with Crippen molar-refractivity contribution < 1.29 is 31.4 Å². The van der Waals surface area contributed by atoms with Crippen LogP contribution < -0.4 is 10.4 Å². The Labute approximate surface area is 342 Å². The molecule has 0 bridgehead atoms. The fourth-order valence-electron chi connectivity index (χ4n) is 8.75. The van der Waals surface area contributed by atoms with Crippen molar-refractivity contribution in [2.24, 2.45) is 17.3 Å². The van der Waals surface area contributed by atoms with E-state index < -0.39 is 60.3 Å². The summed E-state index contributed by atoms with van der Waals surface area (Å²) in [5.74, 6) is -2.56. The van der Waals surface area contributed by atoms with E-state index in [4.69, 9.17) is 36.5 Å². The lowest BCUT2D eigenvalue weighted by Crippen LogP contribution is -2.68. The highest BCUT2D eigenvalue weighted by Crippen LogP contribution is 2.56. The van der Waals surface area contributed by atoms with Crippen molar-refractivity contribution in [3.05, 3.63) is 130 Å². The van der Waals surface area contributed by atoms with Gasteiger partial charge >= 0.3 is 5.97 Å². The zero-order chi connectivity index (χ0) is 40.5. The molecular weight excluding hydrogens is 786 g/mol. The van der Waals surface area contributed by atoms with Gasteiger partial charge in [0.25, 0.3) is 18.4 Å². The van der Waals surface area contributed by atoms with E-state index in [1.807, 2.05) is 83.8 Å². The topological polar surface area (TPSA) is 99.2 Å². The summed E-state index contributed by atoms with van der Waals surface area (Å²) in [7, 11) is -5.80. The molecule has 2 unspecified atom stereocenters. The molecular formula is C44H51Cl2NO7SSi. The quantitative estimate of drug-likeness (QED) is 0.0718. The van der Waals surface area contributed by atoms with Crippen LogP contribution in [0, 0.1) is 17.3 Å². The summed E-state index contributed by atoms with van der Waals surface area (Å²) in [4.78, 5) is 31.5. The molecule has 0 aromatic heterocycles. The number of amides is 1. The van der Waals surface area contributed by atoms with Crippen molar-refractivity contribution in [1.82, 2.24) is 4.90 Å². The third-order valence-electron chi connectivity index (χ3n) is 11.7. The fraction of sp³-hybridized carbons (Fsp3) is 0.409. The monoisotopic (exact) mass is 835 g/mol. The second-order valence-electron chi connectivity index (χ2n) is 16.4. The van der Waals surface area contributed by atoms with E-state index >= 15 is 4.79 Å². The molecule has 1 heterocycles. The Kier molecular flexibility index (Phi) is 12.6. The number of piperidine rings is 1. The van der Waals surface area contributed by atoms with Crippen molar-refractivity contribution >= 4 is 63.9 Å². The molecule has 298 valence electrons. The van der Waals surface area contributed by atoms with Crippen LogP contribution >= 0.6 is 23.2 Å². The number of hydrogen-bond acceptors (Lipinski definition) is 7. The van der Waals surface area contributed by atoms with Crippen molar-refractivity contribution in [3.8, 4) is 0 Å². The van der Waals surface area contributed by atoms with Gasteiger partial charge in [-0.3, -0.25) is 13.8 Å². The van der Waals surface area contributed by atoms with E-state index in [9.17, 15) is 13.2 Å². The fourth-order valence-corrected chi connectivity index (χ4v) is 14.0. The van der Waals surface area contributed by atoms with E-state index in [0.29, 0.717) is 10.0 Å². The molecule has 0 radical (unpaired) electrons. The number of rotatable bonds is 14. The largest absolute Gasteiger partial charge is 0.469 e. The number of ether oxygens (including phenoxy) is 1. The normalized spacial score (nSPS) is 21.7. The Morgan fingerprint density at radius 2 is 1.45 bits per heavy atom. The van der Waals surface area contributed by atoms with E-state index in [1.165, 1.54) is 7.11 Å². The van der Waals surface area contributed by atoms with Gasteiger partial charge in [-0.1, -0.05) is 129 Å². The molecule has 1 saturated heterocycles. The number of halogens is 2. The molecule has 0 spiro atoms. The van der Waals surface area contributed by atoms with Crippen LogP contribution in [0.1, 0.15) is 70.0 Å². The minimum absolute atomic E-state index is 0.109.